The number of hydrogen-bond acceptors (Lipinski definition) is 10. The lowest BCUT2D eigenvalue weighted by atomic mass is 10.2. The van der Waals surface area contributed by atoms with Gasteiger partial charge in [0, 0.05) is 45.1 Å². The number of ether oxygens (including phenoxy) is 3. The van der Waals surface area contributed by atoms with E-state index in [0.717, 1.165) is 0 Å². The van der Waals surface area contributed by atoms with Crippen molar-refractivity contribution in [1.29, 1.82) is 0 Å². The van der Waals surface area contributed by atoms with Gasteiger partial charge in [-0.25, -0.2) is 4.98 Å². The van der Waals surface area contributed by atoms with Gasteiger partial charge in [-0.1, -0.05) is 5.16 Å². The molecule has 0 fully saturated rings. The molecule has 0 spiro atoms. The fraction of sp³-hybridized carbons (Fsp3) is 0.250. The summed E-state index contributed by atoms with van der Waals surface area (Å²) in [6.45, 7) is 2.21. The first-order valence-corrected chi connectivity index (χ1v) is 11.2. The molecule has 2 amide bonds. The fourth-order valence-electron chi connectivity index (χ4n) is 3.24. The molecule has 3 heterocycles. The highest BCUT2D eigenvalue weighted by Gasteiger charge is 2.17. The molecular formula is C24H25N7O6. The Balaban J connectivity index is 1.55. The molecule has 4 rings (SSSR count). The predicted octanol–water partition coefficient (Wildman–Crippen LogP) is 2.68. The standard InChI is InChI=1S/C24H25N7O6/c1-14(13-34-4)35-17-9-15(22(32)27-20-7-8-31(3)29-20)10-18(11-17)36-16-5-6-19(26-12-16)21-28-24(37-30-21)23(33)25-2/h5-12,14H,13H2,1-4H3,(H,25,33)(H,27,29,32)/t14-/m0/s1. The van der Waals surface area contributed by atoms with Crippen molar-refractivity contribution in [3.63, 3.8) is 0 Å². The average molecular weight is 508 g/mol. The van der Waals surface area contributed by atoms with Crippen LogP contribution in [-0.4, -0.2) is 63.6 Å². The predicted molar refractivity (Wildman–Crippen MR) is 131 cm³/mol. The van der Waals surface area contributed by atoms with Crippen LogP contribution in [0.4, 0.5) is 5.82 Å². The number of hydrogen-bond donors (Lipinski definition) is 2. The van der Waals surface area contributed by atoms with Crippen molar-refractivity contribution in [2.45, 2.75) is 13.0 Å². The lowest BCUT2D eigenvalue weighted by molar-refractivity contribution is 0.0915. The number of aryl methyl sites for hydroxylation is 1. The SMILES string of the molecule is CNC(=O)c1nc(-c2ccc(Oc3cc(O[C@@H](C)COC)cc(C(=O)Nc4ccn(C)n4)c3)cn2)no1. The second-order valence-corrected chi connectivity index (χ2v) is 7.89. The van der Waals surface area contributed by atoms with Crippen LogP contribution in [0.5, 0.6) is 17.2 Å². The third kappa shape index (κ3) is 6.46. The van der Waals surface area contributed by atoms with Crippen molar-refractivity contribution in [2.75, 3.05) is 26.1 Å². The maximum atomic E-state index is 12.9. The number of benzene rings is 1. The van der Waals surface area contributed by atoms with E-state index in [9.17, 15) is 9.59 Å². The summed E-state index contributed by atoms with van der Waals surface area (Å²) in [5.74, 6) is 0.675. The van der Waals surface area contributed by atoms with Crippen LogP contribution >= 0.6 is 0 Å². The van der Waals surface area contributed by atoms with Gasteiger partial charge in [-0.3, -0.25) is 14.3 Å². The number of nitrogens with zero attached hydrogens (tertiary/aromatic N) is 5. The van der Waals surface area contributed by atoms with E-state index in [-0.39, 0.29) is 23.7 Å². The minimum atomic E-state index is -0.497. The molecule has 0 aliphatic heterocycles. The maximum Gasteiger partial charge on any atom is 0.316 e. The van der Waals surface area contributed by atoms with E-state index in [1.807, 2.05) is 6.92 Å². The third-order valence-corrected chi connectivity index (χ3v) is 4.88. The summed E-state index contributed by atoms with van der Waals surface area (Å²) in [6, 6.07) is 9.79. The van der Waals surface area contributed by atoms with Crippen LogP contribution < -0.4 is 20.1 Å². The summed E-state index contributed by atoms with van der Waals surface area (Å²) in [4.78, 5) is 32.8. The zero-order chi connectivity index (χ0) is 26.4. The second kappa shape index (κ2) is 11.3. The summed E-state index contributed by atoms with van der Waals surface area (Å²) in [6.07, 6.45) is 2.92. The van der Waals surface area contributed by atoms with E-state index in [4.69, 9.17) is 18.7 Å². The van der Waals surface area contributed by atoms with Gasteiger partial charge in [0.1, 0.15) is 29.0 Å². The largest absolute Gasteiger partial charge is 0.488 e. The molecule has 13 heteroatoms. The first-order chi connectivity index (χ1) is 17.8. The van der Waals surface area contributed by atoms with Crippen LogP contribution in [0.1, 0.15) is 28.0 Å². The van der Waals surface area contributed by atoms with Crippen molar-refractivity contribution >= 4 is 17.6 Å². The summed E-state index contributed by atoms with van der Waals surface area (Å²) in [5, 5.41) is 13.1. The molecule has 0 aliphatic rings. The lowest BCUT2D eigenvalue weighted by Crippen LogP contribution is -2.18. The number of rotatable bonds is 10. The van der Waals surface area contributed by atoms with Crippen molar-refractivity contribution < 1.29 is 28.3 Å². The molecular weight excluding hydrogens is 482 g/mol. The smallest absolute Gasteiger partial charge is 0.316 e. The summed E-state index contributed by atoms with van der Waals surface area (Å²) in [7, 11) is 4.80. The molecule has 4 aromatic rings. The van der Waals surface area contributed by atoms with Gasteiger partial charge in [-0.15, -0.1) is 0 Å². The van der Waals surface area contributed by atoms with Gasteiger partial charge >= 0.3 is 11.8 Å². The van der Waals surface area contributed by atoms with Crippen LogP contribution in [0.25, 0.3) is 11.5 Å². The summed E-state index contributed by atoms with van der Waals surface area (Å²) in [5.41, 5.74) is 0.688. The molecule has 0 saturated heterocycles. The molecule has 13 nitrogen and oxygen atoms in total. The molecule has 1 atom stereocenters. The van der Waals surface area contributed by atoms with Crippen molar-refractivity contribution in [2.24, 2.45) is 7.05 Å². The van der Waals surface area contributed by atoms with E-state index in [2.05, 4.69) is 30.9 Å². The normalized spacial score (nSPS) is 11.6. The monoisotopic (exact) mass is 507 g/mol. The highest BCUT2D eigenvalue weighted by Crippen LogP contribution is 2.29. The number of aromatic nitrogens is 5. The van der Waals surface area contributed by atoms with Crippen molar-refractivity contribution in [3.05, 3.63) is 60.2 Å². The molecule has 0 unspecified atom stereocenters. The van der Waals surface area contributed by atoms with Crippen molar-refractivity contribution in [3.8, 4) is 28.8 Å². The van der Waals surface area contributed by atoms with E-state index in [0.29, 0.717) is 40.9 Å². The first kappa shape index (κ1) is 25.3. The van der Waals surface area contributed by atoms with Gasteiger partial charge in [-0.05, 0) is 31.2 Å². The summed E-state index contributed by atoms with van der Waals surface area (Å²) >= 11 is 0. The topological polar surface area (TPSA) is 156 Å². The minimum absolute atomic E-state index is 0.154. The highest BCUT2D eigenvalue weighted by atomic mass is 16.5. The Bertz CT molecular complexity index is 1380. The van der Waals surface area contributed by atoms with Gasteiger partial charge in [0.25, 0.3) is 5.91 Å². The Morgan fingerprint density at radius 2 is 1.92 bits per heavy atom. The maximum absolute atomic E-state index is 12.9. The number of anilines is 1. The third-order valence-electron chi connectivity index (χ3n) is 4.88. The van der Waals surface area contributed by atoms with E-state index >= 15 is 0 Å². The van der Waals surface area contributed by atoms with Gasteiger partial charge < -0.3 is 29.4 Å². The Morgan fingerprint density at radius 1 is 1.11 bits per heavy atom. The number of nitrogens with one attached hydrogen (secondary N) is 2. The molecule has 0 saturated carbocycles. The average Bonchev–Trinajstić information content (AvgIpc) is 3.53. The minimum Gasteiger partial charge on any atom is -0.488 e. The molecule has 3 aromatic heterocycles. The molecule has 0 bridgehead atoms. The highest BCUT2D eigenvalue weighted by molar-refractivity contribution is 6.04. The Kier molecular flexibility index (Phi) is 7.74. The van der Waals surface area contributed by atoms with Gasteiger partial charge in [0.2, 0.25) is 5.82 Å². The van der Waals surface area contributed by atoms with Gasteiger partial charge in [0.05, 0.1) is 12.8 Å². The van der Waals surface area contributed by atoms with E-state index in [1.165, 1.54) is 13.2 Å². The number of pyridine rings is 1. The number of methoxy groups -OCH3 is 1. The summed E-state index contributed by atoms with van der Waals surface area (Å²) < 4.78 is 23.5. The number of carbonyl (C=O) groups excluding carboxylic acids is 2. The van der Waals surface area contributed by atoms with Crippen LogP contribution in [-0.2, 0) is 11.8 Å². The number of amides is 2. The van der Waals surface area contributed by atoms with E-state index in [1.54, 1.807) is 61.4 Å². The quantitative estimate of drug-likeness (QED) is 0.327. The van der Waals surface area contributed by atoms with Gasteiger partial charge in [-0.2, -0.15) is 10.1 Å². The number of carbonyl (C=O) groups is 2. The molecule has 37 heavy (non-hydrogen) atoms. The molecule has 1 aromatic carbocycles. The zero-order valence-electron chi connectivity index (χ0n) is 20.6. The van der Waals surface area contributed by atoms with Crippen LogP contribution in [0, 0.1) is 0 Å². The second-order valence-electron chi connectivity index (χ2n) is 7.89. The van der Waals surface area contributed by atoms with Crippen LogP contribution in [0.3, 0.4) is 0 Å². The first-order valence-electron chi connectivity index (χ1n) is 11.2. The molecule has 2 N–H and O–H groups in total. The Morgan fingerprint density at radius 3 is 2.59 bits per heavy atom. The fourth-order valence-corrected chi connectivity index (χ4v) is 3.24. The van der Waals surface area contributed by atoms with Crippen molar-refractivity contribution in [1.82, 2.24) is 30.2 Å². The van der Waals surface area contributed by atoms with Gasteiger partial charge in [0.15, 0.2) is 5.82 Å². The lowest BCUT2D eigenvalue weighted by Gasteiger charge is -2.16. The van der Waals surface area contributed by atoms with Crippen LogP contribution in [0.2, 0.25) is 0 Å². The Labute approximate surface area is 211 Å². The molecule has 0 radical (unpaired) electrons. The zero-order valence-corrected chi connectivity index (χ0v) is 20.6. The molecule has 0 aliphatic carbocycles. The molecule has 192 valence electrons. The Hall–Kier alpha value is -4.78. The van der Waals surface area contributed by atoms with E-state index < -0.39 is 5.91 Å². The van der Waals surface area contributed by atoms with Crippen LogP contribution in [0.15, 0.2) is 53.3 Å².